The molecule has 0 aliphatic rings. The van der Waals surface area contributed by atoms with Crippen LogP contribution in [0, 0.1) is 0 Å². The van der Waals surface area contributed by atoms with Crippen LogP contribution in [0.25, 0.3) is 0 Å². The summed E-state index contributed by atoms with van der Waals surface area (Å²) in [6, 6.07) is 5.59. The number of nitrogens with two attached hydrogens (primary N) is 1. The van der Waals surface area contributed by atoms with Crippen molar-refractivity contribution in [3.63, 3.8) is 0 Å². The highest BCUT2D eigenvalue weighted by atomic mass is 16.5. The Bertz CT molecular complexity index is 485. The highest BCUT2D eigenvalue weighted by Crippen LogP contribution is 2.25. The van der Waals surface area contributed by atoms with E-state index in [1.807, 2.05) is 32.0 Å². The van der Waals surface area contributed by atoms with Crippen LogP contribution in [0.5, 0.6) is 11.5 Å². The summed E-state index contributed by atoms with van der Waals surface area (Å²) in [5.41, 5.74) is 6.83. The van der Waals surface area contributed by atoms with E-state index in [2.05, 4.69) is 5.32 Å². The molecule has 3 N–H and O–H groups in total. The van der Waals surface area contributed by atoms with Gasteiger partial charge >= 0.3 is 0 Å². The second-order valence-electron chi connectivity index (χ2n) is 5.52. The Kier molecular flexibility index (Phi) is 7.18. The fraction of sp³-hybridized carbons (Fsp3) is 0.588. The summed E-state index contributed by atoms with van der Waals surface area (Å²) < 4.78 is 10.5. The van der Waals surface area contributed by atoms with Crippen molar-refractivity contribution in [1.82, 2.24) is 5.32 Å². The third kappa shape index (κ3) is 5.22. The molecule has 5 heteroatoms. The van der Waals surface area contributed by atoms with Crippen LogP contribution in [0.3, 0.4) is 0 Å². The van der Waals surface area contributed by atoms with Crippen LogP contribution in [0.2, 0.25) is 0 Å². The van der Waals surface area contributed by atoms with Crippen molar-refractivity contribution in [2.75, 3.05) is 20.8 Å². The highest BCUT2D eigenvalue weighted by Gasteiger charge is 2.20. The SMILES string of the molecule is CCC(N)(CC)CNC(=O)CCc1cc(OC)ccc1OC. The maximum absolute atomic E-state index is 12.0. The summed E-state index contributed by atoms with van der Waals surface area (Å²) in [7, 11) is 3.24. The summed E-state index contributed by atoms with van der Waals surface area (Å²) in [6.07, 6.45) is 2.68. The molecular formula is C17H28N2O3. The van der Waals surface area contributed by atoms with Crippen LogP contribution >= 0.6 is 0 Å². The quantitative estimate of drug-likeness (QED) is 0.734. The summed E-state index contributed by atoms with van der Waals surface area (Å²) >= 11 is 0. The van der Waals surface area contributed by atoms with Crippen LogP contribution in [-0.2, 0) is 11.2 Å². The van der Waals surface area contributed by atoms with E-state index in [1.165, 1.54) is 0 Å². The van der Waals surface area contributed by atoms with E-state index in [9.17, 15) is 4.79 Å². The molecule has 0 saturated heterocycles. The molecule has 0 atom stereocenters. The summed E-state index contributed by atoms with van der Waals surface area (Å²) in [5.74, 6) is 1.53. The Morgan fingerprint density at radius 2 is 1.91 bits per heavy atom. The average molecular weight is 308 g/mol. The van der Waals surface area contributed by atoms with Crippen LogP contribution in [-0.4, -0.2) is 32.2 Å². The standard InChI is InChI=1S/C17H28N2O3/c1-5-17(18,6-2)12-19-16(20)10-7-13-11-14(21-3)8-9-15(13)22-4/h8-9,11H,5-7,10,12,18H2,1-4H3,(H,19,20). The fourth-order valence-corrected chi connectivity index (χ4v) is 2.19. The molecule has 0 radical (unpaired) electrons. The lowest BCUT2D eigenvalue weighted by atomic mass is 9.94. The number of benzene rings is 1. The number of carbonyl (C=O) groups excluding carboxylic acids is 1. The summed E-state index contributed by atoms with van der Waals surface area (Å²) in [6.45, 7) is 4.58. The fourth-order valence-electron chi connectivity index (χ4n) is 2.19. The van der Waals surface area contributed by atoms with Gasteiger partial charge in [0, 0.05) is 18.5 Å². The maximum Gasteiger partial charge on any atom is 0.220 e. The number of hydrogen-bond acceptors (Lipinski definition) is 4. The topological polar surface area (TPSA) is 73.6 Å². The zero-order valence-corrected chi connectivity index (χ0v) is 14.1. The Hall–Kier alpha value is -1.75. The first-order valence-electron chi connectivity index (χ1n) is 7.74. The highest BCUT2D eigenvalue weighted by molar-refractivity contribution is 5.76. The predicted octanol–water partition coefficient (Wildman–Crippen LogP) is 2.27. The van der Waals surface area contributed by atoms with E-state index in [0.717, 1.165) is 29.9 Å². The second kappa shape index (κ2) is 8.63. The van der Waals surface area contributed by atoms with Crippen molar-refractivity contribution in [2.24, 2.45) is 5.73 Å². The first kappa shape index (κ1) is 18.3. The second-order valence-corrected chi connectivity index (χ2v) is 5.52. The van der Waals surface area contributed by atoms with Gasteiger partial charge in [-0.15, -0.1) is 0 Å². The lowest BCUT2D eigenvalue weighted by Gasteiger charge is -2.26. The molecule has 1 aromatic rings. The van der Waals surface area contributed by atoms with Gasteiger partial charge in [-0.2, -0.15) is 0 Å². The zero-order chi connectivity index (χ0) is 16.6. The number of aryl methyl sites for hydroxylation is 1. The van der Waals surface area contributed by atoms with Crippen LogP contribution in [0.15, 0.2) is 18.2 Å². The number of ether oxygens (including phenoxy) is 2. The minimum absolute atomic E-state index is 0.00148. The van der Waals surface area contributed by atoms with E-state index in [4.69, 9.17) is 15.2 Å². The molecule has 22 heavy (non-hydrogen) atoms. The maximum atomic E-state index is 12.0. The van der Waals surface area contributed by atoms with Gasteiger partial charge < -0.3 is 20.5 Å². The number of rotatable bonds is 9. The van der Waals surface area contributed by atoms with Crippen molar-refractivity contribution in [3.05, 3.63) is 23.8 Å². The Balaban J connectivity index is 2.57. The minimum atomic E-state index is -0.316. The number of carbonyl (C=O) groups is 1. The molecular weight excluding hydrogens is 280 g/mol. The van der Waals surface area contributed by atoms with Crippen molar-refractivity contribution in [3.8, 4) is 11.5 Å². The lowest BCUT2D eigenvalue weighted by molar-refractivity contribution is -0.121. The molecule has 124 valence electrons. The molecule has 5 nitrogen and oxygen atoms in total. The van der Waals surface area contributed by atoms with E-state index in [-0.39, 0.29) is 11.4 Å². The molecule has 1 rings (SSSR count). The van der Waals surface area contributed by atoms with E-state index in [1.54, 1.807) is 14.2 Å². The number of methoxy groups -OCH3 is 2. The molecule has 0 heterocycles. The van der Waals surface area contributed by atoms with E-state index >= 15 is 0 Å². The van der Waals surface area contributed by atoms with Gasteiger partial charge in [-0.25, -0.2) is 0 Å². The lowest BCUT2D eigenvalue weighted by Crippen LogP contribution is -2.49. The summed E-state index contributed by atoms with van der Waals surface area (Å²) in [5, 5.41) is 2.93. The summed E-state index contributed by atoms with van der Waals surface area (Å²) in [4.78, 5) is 12.0. The van der Waals surface area contributed by atoms with Gasteiger partial charge in [-0.1, -0.05) is 13.8 Å². The molecule has 0 aliphatic carbocycles. The van der Waals surface area contributed by atoms with Crippen molar-refractivity contribution < 1.29 is 14.3 Å². The molecule has 0 unspecified atom stereocenters. The molecule has 0 aromatic heterocycles. The van der Waals surface area contributed by atoms with Crippen LogP contribution in [0.1, 0.15) is 38.7 Å². The number of nitrogens with one attached hydrogen (secondary N) is 1. The van der Waals surface area contributed by atoms with Gasteiger partial charge in [0.15, 0.2) is 0 Å². The van der Waals surface area contributed by atoms with Crippen molar-refractivity contribution in [1.29, 1.82) is 0 Å². The largest absolute Gasteiger partial charge is 0.497 e. The molecule has 0 fully saturated rings. The number of amides is 1. The van der Waals surface area contributed by atoms with Crippen molar-refractivity contribution >= 4 is 5.91 Å². The normalized spacial score (nSPS) is 11.1. The van der Waals surface area contributed by atoms with Gasteiger partial charge in [-0.05, 0) is 43.0 Å². The average Bonchev–Trinajstić information content (AvgIpc) is 2.57. The molecule has 0 saturated carbocycles. The van der Waals surface area contributed by atoms with Gasteiger partial charge in [0.1, 0.15) is 11.5 Å². The van der Waals surface area contributed by atoms with Gasteiger partial charge in [-0.3, -0.25) is 4.79 Å². The van der Waals surface area contributed by atoms with Gasteiger partial charge in [0.05, 0.1) is 14.2 Å². The Morgan fingerprint density at radius 3 is 2.45 bits per heavy atom. The molecule has 0 aliphatic heterocycles. The molecule has 1 aromatic carbocycles. The third-order valence-corrected chi connectivity index (χ3v) is 4.15. The smallest absolute Gasteiger partial charge is 0.220 e. The zero-order valence-electron chi connectivity index (χ0n) is 14.1. The number of hydrogen-bond donors (Lipinski definition) is 2. The van der Waals surface area contributed by atoms with Crippen LogP contribution in [0.4, 0.5) is 0 Å². The molecule has 1 amide bonds. The van der Waals surface area contributed by atoms with E-state index in [0.29, 0.717) is 19.4 Å². The first-order chi connectivity index (χ1) is 10.5. The van der Waals surface area contributed by atoms with Gasteiger partial charge in [0.2, 0.25) is 5.91 Å². The minimum Gasteiger partial charge on any atom is -0.497 e. The Labute approximate surface area is 133 Å². The molecule has 0 bridgehead atoms. The Morgan fingerprint density at radius 1 is 1.23 bits per heavy atom. The molecule has 0 spiro atoms. The van der Waals surface area contributed by atoms with E-state index < -0.39 is 0 Å². The van der Waals surface area contributed by atoms with Gasteiger partial charge in [0.25, 0.3) is 0 Å². The predicted molar refractivity (Wildman–Crippen MR) is 88.4 cm³/mol. The monoisotopic (exact) mass is 308 g/mol. The van der Waals surface area contributed by atoms with Crippen LogP contribution < -0.4 is 20.5 Å². The first-order valence-corrected chi connectivity index (χ1v) is 7.74. The van der Waals surface area contributed by atoms with Crippen molar-refractivity contribution in [2.45, 2.75) is 45.1 Å². The third-order valence-electron chi connectivity index (χ3n) is 4.15.